The van der Waals surface area contributed by atoms with E-state index in [2.05, 4.69) is 5.32 Å². The normalized spacial score (nSPS) is 24.9. The van der Waals surface area contributed by atoms with Gasteiger partial charge in [0, 0.05) is 39.2 Å². The summed E-state index contributed by atoms with van der Waals surface area (Å²) < 4.78 is 10.7. The average molecular weight is 418 g/mol. The molecule has 30 heavy (non-hydrogen) atoms. The number of likely N-dealkylation sites (tertiary alicyclic amines) is 2. The van der Waals surface area contributed by atoms with Crippen molar-refractivity contribution in [2.45, 2.75) is 38.5 Å². The Morgan fingerprint density at radius 1 is 1.27 bits per heavy atom. The van der Waals surface area contributed by atoms with E-state index in [-0.39, 0.29) is 23.3 Å². The molecule has 3 aliphatic rings. The lowest BCUT2D eigenvalue weighted by atomic mass is 9.85. The van der Waals surface area contributed by atoms with Crippen LogP contribution in [0.25, 0.3) is 0 Å². The van der Waals surface area contributed by atoms with Crippen LogP contribution < -0.4 is 10.9 Å². The first-order valence-corrected chi connectivity index (χ1v) is 10.9. The number of carbonyl (C=O) groups excluding carboxylic acids is 2. The summed E-state index contributed by atoms with van der Waals surface area (Å²) >= 11 is 0. The second-order valence-electron chi connectivity index (χ2n) is 8.81. The van der Waals surface area contributed by atoms with Gasteiger partial charge in [0.05, 0.1) is 12.0 Å². The minimum absolute atomic E-state index is 0.0971. The van der Waals surface area contributed by atoms with Gasteiger partial charge in [-0.25, -0.2) is 4.79 Å². The predicted octanol–water partition coefficient (Wildman–Crippen LogP) is 1.13. The summed E-state index contributed by atoms with van der Waals surface area (Å²) in [5.74, 6) is 0.664. The number of hydrogen-bond acceptors (Lipinski definition) is 6. The van der Waals surface area contributed by atoms with E-state index in [0.29, 0.717) is 50.5 Å². The lowest BCUT2D eigenvalue weighted by molar-refractivity contribution is -0.135. The van der Waals surface area contributed by atoms with Gasteiger partial charge in [0.25, 0.3) is 5.91 Å². The minimum Gasteiger partial charge on any atom is -0.427 e. The molecule has 1 aromatic heterocycles. The zero-order valence-electron chi connectivity index (χ0n) is 17.9. The van der Waals surface area contributed by atoms with E-state index in [9.17, 15) is 14.4 Å². The lowest BCUT2D eigenvalue weighted by Gasteiger charge is -2.24. The fourth-order valence-electron chi connectivity index (χ4n) is 5.09. The van der Waals surface area contributed by atoms with Crippen molar-refractivity contribution >= 4 is 11.8 Å². The summed E-state index contributed by atoms with van der Waals surface area (Å²) in [6.07, 6.45) is 3.22. The molecule has 1 N–H and O–H groups in total. The third-order valence-corrected chi connectivity index (χ3v) is 6.93. The number of piperidine rings is 1. The van der Waals surface area contributed by atoms with Crippen molar-refractivity contribution < 1.29 is 18.7 Å². The second-order valence-corrected chi connectivity index (χ2v) is 8.81. The van der Waals surface area contributed by atoms with E-state index >= 15 is 0 Å². The monoisotopic (exact) mass is 417 g/mol. The van der Waals surface area contributed by atoms with Crippen LogP contribution in [0.4, 0.5) is 0 Å². The third-order valence-electron chi connectivity index (χ3n) is 6.93. The van der Waals surface area contributed by atoms with Gasteiger partial charge < -0.3 is 24.3 Å². The van der Waals surface area contributed by atoms with E-state index in [4.69, 9.17) is 9.15 Å². The highest BCUT2D eigenvalue weighted by atomic mass is 16.5. The molecule has 164 valence electrons. The van der Waals surface area contributed by atoms with Crippen LogP contribution in [0.3, 0.4) is 0 Å². The van der Waals surface area contributed by atoms with Gasteiger partial charge in [0.1, 0.15) is 11.3 Å². The number of amides is 2. The van der Waals surface area contributed by atoms with Crippen molar-refractivity contribution in [3.05, 3.63) is 33.4 Å². The molecule has 1 spiro atoms. The Balaban J connectivity index is 1.49. The Hall–Kier alpha value is -2.19. The van der Waals surface area contributed by atoms with Gasteiger partial charge in [-0.05, 0) is 57.3 Å². The molecule has 0 bridgehead atoms. The van der Waals surface area contributed by atoms with Crippen LogP contribution in [0.15, 0.2) is 15.3 Å². The van der Waals surface area contributed by atoms with E-state index < -0.39 is 11.0 Å². The number of nitrogens with zero attached hydrogens (tertiary/aromatic N) is 2. The van der Waals surface area contributed by atoms with E-state index in [1.165, 1.54) is 0 Å². The van der Waals surface area contributed by atoms with Gasteiger partial charge in [-0.1, -0.05) is 0 Å². The smallest absolute Gasteiger partial charge is 0.349 e. The largest absolute Gasteiger partial charge is 0.427 e. The molecule has 2 amide bonds. The molecule has 1 aromatic rings. The van der Waals surface area contributed by atoms with Gasteiger partial charge in [-0.15, -0.1) is 0 Å². The number of nitrogens with one attached hydrogen (secondary N) is 1. The van der Waals surface area contributed by atoms with Gasteiger partial charge in [0.15, 0.2) is 0 Å². The van der Waals surface area contributed by atoms with Crippen molar-refractivity contribution in [1.29, 1.82) is 0 Å². The molecule has 1 unspecified atom stereocenters. The molecule has 4 rings (SSSR count). The Morgan fingerprint density at radius 3 is 2.70 bits per heavy atom. The molecule has 0 aliphatic carbocycles. The molecule has 1 atom stereocenters. The minimum atomic E-state index is -0.561. The Kier molecular flexibility index (Phi) is 5.97. The van der Waals surface area contributed by atoms with Gasteiger partial charge in [0.2, 0.25) is 5.91 Å². The van der Waals surface area contributed by atoms with Crippen molar-refractivity contribution in [3.63, 3.8) is 0 Å². The molecule has 3 aliphatic heterocycles. The highest BCUT2D eigenvalue weighted by Gasteiger charge is 2.51. The first-order valence-electron chi connectivity index (χ1n) is 10.9. The summed E-state index contributed by atoms with van der Waals surface area (Å²) in [6, 6.07) is 1.85. The fourth-order valence-corrected chi connectivity index (χ4v) is 5.09. The maximum absolute atomic E-state index is 13.2. The maximum atomic E-state index is 13.2. The summed E-state index contributed by atoms with van der Waals surface area (Å²) in [5.41, 5.74) is -0.322. The van der Waals surface area contributed by atoms with Crippen LogP contribution in [0.2, 0.25) is 0 Å². The maximum Gasteiger partial charge on any atom is 0.349 e. The van der Waals surface area contributed by atoms with Gasteiger partial charge >= 0.3 is 5.63 Å². The molecule has 3 fully saturated rings. The quantitative estimate of drug-likeness (QED) is 0.772. The van der Waals surface area contributed by atoms with Gasteiger partial charge in [-0.3, -0.25) is 9.59 Å². The number of methoxy groups -OCH3 is 1. The van der Waals surface area contributed by atoms with Crippen LogP contribution in [0, 0.1) is 12.3 Å². The zero-order valence-corrected chi connectivity index (χ0v) is 17.9. The topological polar surface area (TPSA) is 92.1 Å². The predicted molar refractivity (Wildman–Crippen MR) is 111 cm³/mol. The summed E-state index contributed by atoms with van der Waals surface area (Å²) in [5, 5.41) is 3.30. The molecular formula is C22H31N3O5. The number of hydrogen-bond donors (Lipinski definition) is 1. The summed E-state index contributed by atoms with van der Waals surface area (Å²) in [4.78, 5) is 42.3. The van der Waals surface area contributed by atoms with Crippen molar-refractivity contribution in [2.75, 3.05) is 53.0 Å². The Labute approximate surface area is 176 Å². The van der Waals surface area contributed by atoms with E-state index in [1.807, 2.05) is 11.0 Å². The van der Waals surface area contributed by atoms with Crippen LogP contribution in [0.1, 0.15) is 53.3 Å². The molecule has 3 saturated heterocycles. The van der Waals surface area contributed by atoms with Crippen LogP contribution >= 0.6 is 0 Å². The van der Waals surface area contributed by atoms with Crippen LogP contribution in [-0.4, -0.2) is 74.6 Å². The van der Waals surface area contributed by atoms with Crippen molar-refractivity contribution in [2.24, 2.45) is 5.41 Å². The highest BCUT2D eigenvalue weighted by Crippen LogP contribution is 2.41. The van der Waals surface area contributed by atoms with Crippen LogP contribution in [-0.2, 0) is 9.53 Å². The highest BCUT2D eigenvalue weighted by molar-refractivity contribution is 5.96. The average Bonchev–Trinajstić information content (AvgIpc) is 3.31. The van der Waals surface area contributed by atoms with E-state index in [0.717, 1.165) is 32.4 Å². The fraction of sp³-hybridized carbons (Fsp3) is 0.682. The second kappa shape index (κ2) is 8.51. The third kappa shape index (κ3) is 3.78. The molecule has 0 aromatic carbocycles. The van der Waals surface area contributed by atoms with Crippen LogP contribution in [0.5, 0.6) is 0 Å². The number of ether oxygens (including phenoxy) is 1. The lowest BCUT2D eigenvalue weighted by Crippen LogP contribution is -2.40. The SMILES string of the molecule is COCCN1CCC2(CCN(C(=O)c3c(C)cc(C4CCNCC4)oc3=O)C2)C1=O. The number of rotatable bonds is 5. The first kappa shape index (κ1) is 21.1. The summed E-state index contributed by atoms with van der Waals surface area (Å²) in [7, 11) is 1.62. The molecule has 8 heteroatoms. The zero-order chi connectivity index (χ0) is 21.3. The van der Waals surface area contributed by atoms with Crippen molar-refractivity contribution in [1.82, 2.24) is 15.1 Å². The molecule has 8 nitrogen and oxygen atoms in total. The van der Waals surface area contributed by atoms with Gasteiger partial charge in [-0.2, -0.15) is 0 Å². The molecule has 0 saturated carbocycles. The standard InChI is InChI=1S/C22H31N3O5/c1-15-13-17(16-3-7-23-8-4-16)30-20(27)18(15)19(26)25-10-6-22(14-25)5-9-24(21(22)28)11-12-29-2/h13,16,23H,3-12,14H2,1-2H3. The molecular weight excluding hydrogens is 386 g/mol. The molecule has 0 radical (unpaired) electrons. The van der Waals surface area contributed by atoms with Crippen molar-refractivity contribution in [3.8, 4) is 0 Å². The van der Waals surface area contributed by atoms with E-state index in [1.54, 1.807) is 18.9 Å². The number of carbonyl (C=O) groups is 2. The molecule has 4 heterocycles. The first-order chi connectivity index (χ1) is 14.4. The summed E-state index contributed by atoms with van der Waals surface area (Å²) in [6.45, 7) is 6.23. The Morgan fingerprint density at radius 2 is 2.00 bits per heavy atom. The number of aryl methyl sites for hydroxylation is 1. The Bertz CT molecular complexity index is 876.